The van der Waals surface area contributed by atoms with Crippen LogP contribution in [0.5, 0.6) is 0 Å². The standard InChI is InChI=1S/C23H28N2O5S2/c26-23(12-15-31(27,28)22-11-8-19-4-3-5-20(19)16-22)24-17-18-6-9-21(10-7-18)32(29,30)25-13-1-2-14-25/h6-11,16H,1-5,12-15,17H2,(H,24,26). The van der Waals surface area contributed by atoms with Gasteiger partial charge in [0.2, 0.25) is 15.9 Å². The molecule has 1 amide bonds. The summed E-state index contributed by atoms with van der Waals surface area (Å²) in [5.74, 6) is -0.603. The summed E-state index contributed by atoms with van der Waals surface area (Å²) >= 11 is 0. The van der Waals surface area contributed by atoms with Crippen LogP contribution in [0.15, 0.2) is 52.3 Å². The molecule has 0 aromatic heterocycles. The van der Waals surface area contributed by atoms with Gasteiger partial charge in [0, 0.05) is 26.1 Å². The zero-order valence-electron chi connectivity index (χ0n) is 17.9. The lowest BCUT2D eigenvalue weighted by Crippen LogP contribution is -2.28. The van der Waals surface area contributed by atoms with Crippen molar-refractivity contribution in [1.29, 1.82) is 0 Å². The van der Waals surface area contributed by atoms with Crippen LogP contribution in [0.1, 0.15) is 42.4 Å². The Morgan fingerprint density at radius 3 is 2.22 bits per heavy atom. The van der Waals surface area contributed by atoms with Crippen molar-refractivity contribution in [3.63, 3.8) is 0 Å². The summed E-state index contributed by atoms with van der Waals surface area (Å²) in [7, 11) is -6.99. The number of fused-ring (bicyclic) bond motifs is 1. The summed E-state index contributed by atoms with van der Waals surface area (Å²) < 4.78 is 51.9. The number of hydrogen-bond acceptors (Lipinski definition) is 5. The molecule has 2 aliphatic rings. The fourth-order valence-electron chi connectivity index (χ4n) is 4.23. The number of amides is 1. The Morgan fingerprint density at radius 1 is 0.844 bits per heavy atom. The van der Waals surface area contributed by atoms with Gasteiger partial charge in [0.25, 0.3) is 0 Å². The fraction of sp³-hybridized carbons (Fsp3) is 0.435. The zero-order chi connectivity index (χ0) is 22.8. The van der Waals surface area contributed by atoms with Gasteiger partial charge in [0.15, 0.2) is 9.84 Å². The van der Waals surface area contributed by atoms with Crippen LogP contribution in [0, 0.1) is 0 Å². The monoisotopic (exact) mass is 476 g/mol. The van der Waals surface area contributed by atoms with Crippen molar-refractivity contribution in [2.75, 3.05) is 18.8 Å². The summed E-state index contributed by atoms with van der Waals surface area (Å²) in [6.45, 7) is 1.31. The molecule has 32 heavy (non-hydrogen) atoms. The second kappa shape index (κ2) is 9.33. The van der Waals surface area contributed by atoms with E-state index in [9.17, 15) is 21.6 Å². The average Bonchev–Trinajstić information content (AvgIpc) is 3.48. The first kappa shape index (κ1) is 22.9. The number of rotatable bonds is 8. The Morgan fingerprint density at radius 2 is 1.50 bits per heavy atom. The maximum absolute atomic E-state index is 12.6. The maximum atomic E-state index is 12.6. The highest BCUT2D eigenvalue weighted by molar-refractivity contribution is 7.91. The van der Waals surface area contributed by atoms with Crippen LogP contribution in [0.3, 0.4) is 0 Å². The molecule has 0 unspecified atom stereocenters. The van der Waals surface area contributed by atoms with E-state index in [-0.39, 0.29) is 34.4 Å². The first-order valence-electron chi connectivity index (χ1n) is 11.0. The van der Waals surface area contributed by atoms with E-state index in [0.717, 1.165) is 43.2 Å². The summed E-state index contributed by atoms with van der Waals surface area (Å²) in [6.07, 6.45) is 4.57. The molecule has 0 saturated carbocycles. The second-order valence-corrected chi connectivity index (χ2v) is 12.4. The molecular formula is C23H28N2O5S2. The Kier molecular flexibility index (Phi) is 6.69. The van der Waals surface area contributed by atoms with Crippen LogP contribution in [0.2, 0.25) is 0 Å². The van der Waals surface area contributed by atoms with E-state index in [1.807, 2.05) is 6.07 Å². The van der Waals surface area contributed by atoms with Gasteiger partial charge in [0.1, 0.15) is 0 Å². The smallest absolute Gasteiger partial charge is 0.243 e. The molecule has 0 bridgehead atoms. The number of sulfonamides is 1. The molecule has 0 spiro atoms. The summed E-state index contributed by atoms with van der Waals surface area (Å²) in [4.78, 5) is 12.7. The van der Waals surface area contributed by atoms with Crippen LogP contribution in [-0.4, -0.2) is 45.9 Å². The van der Waals surface area contributed by atoms with E-state index >= 15 is 0 Å². The van der Waals surface area contributed by atoms with Gasteiger partial charge in [-0.3, -0.25) is 4.79 Å². The SMILES string of the molecule is O=C(CCS(=O)(=O)c1ccc2c(c1)CCC2)NCc1ccc(S(=O)(=O)N2CCCC2)cc1. The predicted molar refractivity (Wildman–Crippen MR) is 121 cm³/mol. The number of carbonyl (C=O) groups is 1. The molecular weight excluding hydrogens is 448 g/mol. The molecule has 1 N–H and O–H groups in total. The van der Waals surface area contributed by atoms with Gasteiger partial charge in [-0.2, -0.15) is 4.31 Å². The molecule has 1 heterocycles. The van der Waals surface area contributed by atoms with Gasteiger partial charge in [-0.1, -0.05) is 18.2 Å². The summed E-state index contributed by atoms with van der Waals surface area (Å²) in [5, 5.41) is 2.71. The molecule has 2 aromatic carbocycles. The lowest BCUT2D eigenvalue weighted by molar-refractivity contribution is -0.120. The number of sulfone groups is 1. The van der Waals surface area contributed by atoms with E-state index in [4.69, 9.17) is 0 Å². The van der Waals surface area contributed by atoms with Crippen molar-refractivity contribution in [1.82, 2.24) is 9.62 Å². The minimum absolute atomic E-state index is 0.124. The Bertz CT molecular complexity index is 1200. The number of carbonyl (C=O) groups excluding carboxylic acids is 1. The van der Waals surface area contributed by atoms with E-state index in [0.29, 0.717) is 13.1 Å². The van der Waals surface area contributed by atoms with Gasteiger partial charge in [-0.25, -0.2) is 16.8 Å². The molecule has 1 fully saturated rings. The third-order valence-corrected chi connectivity index (χ3v) is 9.77. The molecule has 0 radical (unpaired) electrons. The summed E-state index contributed by atoms with van der Waals surface area (Å²) in [5.41, 5.74) is 3.05. The Hall–Kier alpha value is -2.23. The van der Waals surface area contributed by atoms with Crippen molar-refractivity contribution >= 4 is 25.8 Å². The van der Waals surface area contributed by atoms with Gasteiger partial charge >= 0.3 is 0 Å². The second-order valence-electron chi connectivity index (χ2n) is 8.38. The first-order chi connectivity index (χ1) is 15.3. The predicted octanol–water partition coefficient (Wildman–Crippen LogP) is 2.44. The molecule has 1 aliphatic heterocycles. The number of aryl methyl sites for hydroxylation is 2. The largest absolute Gasteiger partial charge is 0.352 e. The van der Waals surface area contributed by atoms with Crippen molar-refractivity contribution in [3.8, 4) is 0 Å². The zero-order valence-corrected chi connectivity index (χ0v) is 19.6. The van der Waals surface area contributed by atoms with Crippen LogP contribution in [-0.2, 0) is 44.0 Å². The van der Waals surface area contributed by atoms with Crippen LogP contribution < -0.4 is 5.32 Å². The molecule has 172 valence electrons. The molecule has 9 heteroatoms. The normalized spacial score (nSPS) is 16.8. The van der Waals surface area contributed by atoms with Crippen LogP contribution >= 0.6 is 0 Å². The Balaban J connectivity index is 1.29. The number of nitrogens with one attached hydrogen (secondary N) is 1. The average molecular weight is 477 g/mol. The van der Waals surface area contributed by atoms with Gasteiger partial charge in [-0.15, -0.1) is 0 Å². The number of nitrogens with zero attached hydrogens (tertiary/aromatic N) is 1. The van der Waals surface area contributed by atoms with Crippen LogP contribution in [0.4, 0.5) is 0 Å². The third-order valence-electron chi connectivity index (χ3n) is 6.14. The van der Waals surface area contributed by atoms with E-state index < -0.39 is 19.9 Å². The quantitative estimate of drug-likeness (QED) is 0.631. The fourth-order valence-corrected chi connectivity index (χ4v) is 7.04. The third kappa shape index (κ3) is 5.05. The molecule has 0 atom stereocenters. The van der Waals surface area contributed by atoms with Gasteiger partial charge in [0.05, 0.1) is 15.5 Å². The molecule has 2 aromatic rings. The number of hydrogen-bond donors (Lipinski definition) is 1. The van der Waals surface area contributed by atoms with Gasteiger partial charge in [-0.05, 0) is 73.1 Å². The lowest BCUT2D eigenvalue weighted by atomic mass is 10.1. The highest BCUT2D eigenvalue weighted by atomic mass is 32.2. The van der Waals surface area contributed by atoms with Crippen molar-refractivity contribution < 1.29 is 21.6 Å². The van der Waals surface area contributed by atoms with Crippen molar-refractivity contribution in [2.45, 2.75) is 54.9 Å². The number of benzene rings is 2. The highest BCUT2D eigenvalue weighted by Gasteiger charge is 2.27. The Labute approximate surface area is 189 Å². The topological polar surface area (TPSA) is 101 Å². The minimum atomic E-state index is -3.52. The molecule has 7 nitrogen and oxygen atoms in total. The molecule has 1 saturated heterocycles. The van der Waals surface area contributed by atoms with E-state index in [2.05, 4.69) is 5.32 Å². The highest BCUT2D eigenvalue weighted by Crippen LogP contribution is 2.25. The van der Waals surface area contributed by atoms with Gasteiger partial charge < -0.3 is 5.32 Å². The molecule has 4 rings (SSSR count). The van der Waals surface area contributed by atoms with Crippen LogP contribution in [0.25, 0.3) is 0 Å². The van der Waals surface area contributed by atoms with Crippen molar-refractivity contribution in [2.24, 2.45) is 0 Å². The van der Waals surface area contributed by atoms with Crippen molar-refractivity contribution in [3.05, 3.63) is 59.2 Å². The van der Waals surface area contributed by atoms with E-state index in [1.165, 1.54) is 9.87 Å². The first-order valence-corrected chi connectivity index (χ1v) is 14.1. The minimum Gasteiger partial charge on any atom is -0.352 e. The summed E-state index contributed by atoms with van der Waals surface area (Å²) in [6, 6.07) is 11.7. The lowest BCUT2D eigenvalue weighted by Gasteiger charge is -2.15. The maximum Gasteiger partial charge on any atom is 0.243 e. The molecule has 1 aliphatic carbocycles. The van der Waals surface area contributed by atoms with E-state index in [1.54, 1.807) is 36.4 Å².